The SMILES string of the molecule is COCCNS(=O)(=O)c1ccc(C)c(C(=O)N2C[C@H]3CNC[C@H]3C2)c1.Cl. The normalized spacial score (nSPS) is 22.2. The Morgan fingerprint density at radius 2 is 1.96 bits per heavy atom. The van der Waals surface area contributed by atoms with Crippen molar-refractivity contribution in [2.75, 3.05) is 46.4 Å². The highest BCUT2D eigenvalue weighted by molar-refractivity contribution is 7.89. The number of amides is 1. The number of fused-ring (bicyclic) bond motifs is 1. The van der Waals surface area contributed by atoms with Gasteiger partial charge in [0.25, 0.3) is 5.91 Å². The lowest BCUT2D eigenvalue weighted by atomic mass is 10.0. The minimum atomic E-state index is -3.65. The number of aryl methyl sites for hydroxylation is 1. The number of hydrogen-bond donors (Lipinski definition) is 2. The number of benzene rings is 1. The van der Waals surface area contributed by atoms with Gasteiger partial charge in [-0.1, -0.05) is 6.07 Å². The first-order valence-corrected chi connectivity index (χ1v) is 10.00. The summed E-state index contributed by atoms with van der Waals surface area (Å²) in [7, 11) is -2.14. The van der Waals surface area contributed by atoms with Crippen LogP contribution in [0.2, 0.25) is 0 Å². The molecule has 146 valence electrons. The molecule has 9 heteroatoms. The Balaban J connectivity index is 0.00000243. The Labute approximate surface area is 160 Å². The zero-order valence-electron chi connectivity index (χ0n) is 15.0. The van der Waals surface area contributed by atoms with Crippen LogP contribution in [0.3, 0.4) is 0 Å². The smallest absolute Gasteiger partial charge is 0.254 e. The van der Waals surface area contributed by atoms with Gasteiger partial charge in [0.05, 0.1) is 11.5 Å². The zero-order valence-corrected chi connectivity index (χ0v) is 16.7. The fraction of sp³-hybridized carbons (Fsp3) is 0.588. The average molecular weight is 404 g/mol. The molecule has 2 heterocycles. The summed E-state index contributed by atoms with van der Waals surface area (Å²) in [5.41, 5.74) is 1.25. The van der Waals surface area contributed by atoms with Gasteiger partial charge < -0.3 is 15.0 Å². The lowest BCUT2D eigenvalue weighted by Gasteiger charge is -2.19. The van der Waals surface area contributed by atoms with Gasteiger partial charge in [-0.3, -0.25) is 4.79 Å². The van der Waals surface area contributed by atoms with Crippen LogP contribution in [0.15, 0.2) is 23.1 Å². The molecule has 2 N–H and O–H groups in total. The van der Waals surface area contributed by atoms with E-state index in [0.717, 1.165) is 31.7 Å². The summed E-state index contributed by atoms with van der Waals surface area (Å²) in [5.74, 6) is 0.930. The second-order valence-electron chi connectivity index (χ2n) is 6.76. The Kier molecular flexibility index (Phi) is 7.04. The number of halogens is 1. The van der Waals surface area contributed by atoms with Crippen molar-refractivity contribution in [1.82, 2.24) is 14.9 Å². The molecule has 0 saturated carbocycles. The molecule has 1 aromatic carbocycles. The highest BCUT2D eigenvalue weighted by atomic mass is 35.5. The molecule has 0 radical (unpaired) electrons. The van der Waals surface area contributed by atoms with Crippen molar-refractivity contribution in [2.45, 2.75) is 11.8 Å². The Bertz CT molecular complexity index is 744. The number of sulfonamides is 1. The third-order valence-corrected chi connectivity index (χ3v) is 6.48. The van der Waals surface area contributed by atoms with Crippen LogP contribution in [0.25, 0.3) is 0 Å². The number of carbonyl (C=O) groups excluding carboxylic acids is 1. The Hall–Kier alpha value is -1.19. The maximum atomic E-state index is 12.9. The van der Waals surface area contributed by atoms with E-state index in [-0.39, 0.29) is 29.8 Å². The lowest BCUT2D eigenvalue weighted by Crippen LogP contribution is -2.32. The highest BCUT2D eigenvalue weighted by Crippen LogP contribution is 2.28. The van der Waals surface area contributed by atoms with E-state index < -0.39 is 10.0 Å². The van der Waals surface area contributed by atoms with Gasteiger partial charge in [-0.25, -0.2) is 13.1 Å². The molecule has 0 spiro atoms. The summed E-state index contributed by atoms with van der Waals surface area (Å²) >= 11 is 0. The molecular formula is C17H26ClN3O4S. The van der Waals surface area contributed by atoms with Crippen molar-refractivity contribution >= 4 is 28.3 Å². The van der Waals surface area contributed by atoms with Gasteiger partial charge in [0.15, 0.2) is 0 Å². The Morgan fingerprint density at radius 3 is 2.58 bits per heavy atom. The van der Waals surface area contributed by atoms with Crippen molar-refractivity contribution in [3.63, 3.8) is 0 Å². The van der Waals surface area contributed by atoms with Gasteiger partial charge in [-0.05, 0) is 36.5 Å². The summed E-state index contributed by atoms with van der Waals surface area (Å²) in [6, 6.07) is 4.71. The van der Waals surface area contributed by atoms with Crippen molar-refractivity contribution in [3.05, 3.63) is 29.3 Å². The minimum Gasteiger partial charge on any atom is -0.383 e. The van der Waals surface area contributed by atoms with Gasteiger partial charge in [0.2, 0.25) is 10.0 Å². The van der Waals surface area contributed by atoms with Crippen LogP contribution in [0, 0.1) is 18.8 Å². The predicted molar refractivity (Wildman–Crippen MR) is 101 cm³/mol. The minimum absolute atomic E-state index is 0. The number of ether oxygens (including phenoxy) is 1. The quantitative estimate of drug-likeness (QED) is 0.680. The third-order valence-electron chi connectivity index (χ3n) is 5.02. The molecule has 2 fully saturated rings. The number of hydrogen-bond acceptors (Lipinski definition) is 5. The molecule has 2 atom stereocenters. The molecule has 1 aromatic rings. The lowest BCUT2D eigenvalue weighted by molar-refractivity contribution is 0.0780. The fourth-order valence-corrected chi connectivity index (χ4v) is 4.59. The number of rotatable bonds is 6. The van der Waals surface area contributed by atoms with Crippen molar-refractivity contribution in [1.29, 1.82) is 0 Å². The van der Waals surface area contributed by atoms with Crippen LogP contribution < -0.4 is 10.0 Å². The van der Waals surface area contributed by atoms with E-state index in [9.17, 15) is 13.2 Å². The maximum absolute atomic E-state index is 12.9. The van der Waals surface area contributed by atoms with E-state index in [1.807, 2.05) is 11.8 Å². The van der Waals surface area contributed by atoms with Gasteiger partial charge in [-0.2, -0.15) is 0 Å². The van der Waals surface area contributed by atoms with E-state index in [4.69, 9.17) is 4.74 Å². The standard InChI is InChI=1S/C17H25N3O4S.ClH/c1-12-3-4-15(25(22,23)19-5-6-24-2)7-16(12)17(21)20-10-13-8-18-9-14(13)11-20;/h3-4,7,13-14,18-19H,5-6,8-11H2,1-2H3;1H/t13-,14+;. The monoisotopic (exact) mass is 403 g/mol. The zero-order chi connectivity index (χ0) is 18.0. The first-order chi connectivity index (χ1) is 11.9. The van der Waals surface area contributed by atoms with Crippen LogP contribution in [-0.2, 0) is 14.8 Å². The maximum Gasteiger partial charge on any atom is 0.254 e. The molecule has 3 rings (SSSR count). The van der Waals surface area contributed by atoms with Gasteiger partial charge in [0, 0.05) is 45.4 Å². The molecule has 2 aliphatic rings. The van der Waals surface area contributed by atoms with Crippen LogP contribution in [-0.4, -0.2) is 65.7 Å². The van der Waals surface area contributed by atoms with Gasteiger partial charge in [-0.15, -0.1) is 12.4 Å². The largest absolute Gasteiger partial charge is 0.383 e. The average Bonchev–Trinajstić information content (AvgIpc) is 3.16. The van der Waals surface area contributed by atoms with E-state index >= 15 is 0 Å². The van der Waals surface area contributed by atoms with Crippen LogP contribution in [0.4, 0.5) is 0 Å². The van der Waals surface area contributed by atoms with Gasteiger partial charge in [0.1, 0.15) is 0 Å². The molecule has 1 amide bonds. The van der Waals surface area contributed by atoms with Crippen molar-refractivity contribution in [2.24, 2.45) is 11.8 Å². The van der Waals surface area contributed by atoms with Crippen LogP contribution in [0.1, 0.15) is 15.9 Å². The summed E-state index contributed by atoms with van der Waals surface area (Å²) in [6.07, 6.45) is 0. The fourth-order valence-electron chi connectivity index (χ4n) is 3.55. The van der Waals surface area contributed by atoms with Crippen LogP contribution >= 0.6 is 12.4 Å². The molecule has 2 saturated heterocycles. The number of nitrogens with one attached hydrogen (secondary N) is 2. The first kappa shape index (κ1) is 21.1. The summed E-state index contributed by atoms with van der Waals surface area (Å²) in [6.45, 7) is 5.69. The summed E-state index contributed by atoms with van der Waals surface area (Å²) in [4.78, 5) is 14.9. The van der Waals surface area contributed by atoms with Crippen molar-refractivity contribution in [3.8, 4) is 0 Å². The van der Waals surface area contributed by atoms with E-state index in [1.54, 1.807) is 6.07 Å². The number of carbonyl (C=O) groups is 1. The number of nitrogens with zero attached hydrogens (tertiary/aromatic N) is 1. The molecule has 7 nitrogen and oxygen atoms in total. The molecular weight excluding hydrogens is 378 g/mol. The Morgan fingerprint density at radius 1 is 1.31 bits per heavy atom. The molecule has 26 heavy (non-hydrogen) atoms. The van der Waals surface area contributed by atoms with Crippen molar-refractivity contribution < 1.29 is 17.9 Å². The topological polar surface area (TPSA) is 87.7 Å². The predicted octanol–water partition coefficient (Wildman–Crippen LogP) is 0.633. The molecule has 0 aliphatic carbocycles. The molecule has 0 aromatic heterocycles. The molecule has 2 aliphatic heterocycles. The third kappa shape index (κ3) is 4.37. The van der Waals surface area contributed by atoms with Gasteiger partial charge >= 0.3 is 0 Å². The van der Waals surface area contributed by atoms with E-state index in [1.165, 1.54) is 19.2 Å². The highest BCUT2D eigenvalue weighted by Gasteiger charge is 2.38. The van der Waals surface area contributed by atoms with E-state index in [0.29, 0.717) is 24.0 Å². The molecule has 0 unspecified atom stereocenters. The van der Waals surface area contributed by atoms with Crippen LogP contribution in [0.5, 0.6) is 0 Å². The number of methoxy groups -OCH3 is 1. The second-order valence-corrected chi connectivity index (χ2v) is 8.52. The molecule has 0 bridgehead atoms. The summed E-state index contributed by atoms with van der Waals surface area (Å²) in [5, 5.41) is 3.35. The second kappa shape index (κ2) is 8.67. The number of likely N-dealkylation sites (tertiary alicyclic amines) is 1. The summed E-state index contributed by atoms with van der Waals surface area (Å²) < 4.78 is 32.1. The first-order valence-electron chi connectivity index (χ1n) is 8.51. The van der Waals surface area contributed by atoms with E-state index in [2.05, 4.69) is 10.0 Å².